The van der Waals surface area contributed by atoms with E-state index in [4.69, 9.17) is 4.74 Å². The number of hydrogen-bond donors (Lipinski definition) is 2. The fourth-order valence-electron chi connectivity index (χ4n) is 2.65. The minimum Gasteiger partial charge on any atom is -0.444 e. The summed E-state index contributed by atoms with van der Waals surface area (Å²) in [5.41, 5.74) is 0.997. The van der Waals surface area contributed by atoms with E-state index in [9.17, 15) is 4.79 Å². The molecule has 0 radical (unpaired) electrons. The molecule has 1 heterocycles. The maximum Gasteiger partial charge on any atom is 0.407 e. The Hall–Kier alpha value is -0.340. The molecule has 4 nitrogen and oxygen atoms in total. The van der Waals surface area contributed by atoms with Crippen LogP contribution in [0.15, 0.2) is 6.07 Å². The molecule has 0 bridgehead atoms. The first-order valence-electron chi connectivity index (χ1n) is 7.75. The van der Waals surface area contributed by atoms with Crippen molar-refractivity contribution >= 4 is 40.0 Å². The van der Waals surface area contributed by atoms with Gasteiger partial charge in [-0.2, -0.15) is 0 Å². The predicted octanol–water partition coefficient (Wildman–Crippen LogP) is 4.23. The summed E-state index contributed by atoms with van der Waals surface area (Å²) in [5.74, 6) is 0. The Labute approximate surface area is 150 Å². The van der Waals surface area contributed by atoms with Gasteiger partial charge >= 0.3 is 6.09 Å². The van der Waals surface area contributed by atoms with Gasteiger partial charge in [-0.25, -0.2) is 4.79 Å². The third-order valence-corrected chi connectivity index (χ3v) is 5.49. The number of aryl methyl sites for hydroxylation is 1. The zero-order valence-electron chi connectivity index (χ0n) is 13.7. The summed E-state index contributed by atoms with van der Waals surface area (Å²) in [4.78, 5) is 13.2. The van der Waals surface area contributed by atoms with Crippen LogP contribution < -0.4 is 10.6 Å². The van der Waals surface area contributed by atoms with E-state index in [2.05, 4.69) is 46.2 Å². The van der Waals surface area contributed by atoms with Gasteiger partial charge in [-0.3, -0.25) is 0 Å². The van der Waals surface area contributed by atoms with Crippen LogP contribution in [0.25, 0.3) is 0 Å². The second-order valence-electron chi connectivity index (χ2n) is 6.82. The molecular weight excluding hydrogens is 411 g/mol. The lowest BCUT2D eigenvalue weighted by Crippen LogP contribution is -2.42. The monoisotopic (exact) mass is 436 g/mol. The number of nitrogens with one attached hydrogen (secondary N) is 2. The molecule has 6 heteroatoms. The van der Waals surface area contributed by atoms with Crippen molar-refractivity contribution in [3.63, 3.8) is 0 Å². The van der Waals surface area contributed by atoms with Crippen LogP contribution in [0, 0.1) is 2.88 Å². The van der Waals surface area contributed by atoms with E-state index < -0.39 is 5.60 Å². The number of thiophene rings is 1. The molecule has 124 valence electrons. The average molecular weight is 436 g/mol. The lowest BCUT2D eigenvalue weighted by atomic mass is 9.93. The molecule has 1 aromatic rings. The van der Waals surface area contributed by atoms with Gasteiger partial charge in [-0.05, 0) is 81.2 Å². The van der Waals surface area contributed by atoms with E-state index in [0.717, 1.165) is 6.42 Å². The summed E-state index contributed by atoms with van der Waals surface area (Å²) in [6.07, 6.45) is 3.24. The molecule has 2 atom stereocenters. The van der Waals surface area contributed by atoms with Crippen LogP contribution >= 0.6 is 33.9 Å². The van der Waals surface area contributed by atoms with Gasteiger partial charge in [0.2, 0.25) is 0 Å². The molecule has 1 aromatic heterocycles. The van der Waals surface area contributed by atoms with Crippen molar-refractivity contribution < 1.29 is 9.53 Å². The van der Waals surface area contributed by atoms with Gasteiger partial charge in [0.15, 0.2) is 0 Å². The number of carbonyl (C=O) groups excluding carboxylic acids is 1. The fraction of sp³-hybridized carbons (Fsp3) is 0.688. The normalized spacial score (nSPS) is 19.4. The summed E-state index contributed by atoms with van der Waals surface area (Å²) in [7, 11) is 0. The zero-order valence-corrected chi connectivity index (χ0v) is 16.6. The quantitative estimate of drug-likeness (QED) is 0.695. The van der Waals surface area contributed by atoms with Crippen LogP contribution in [0.1, 0.15) is 57.0 Å². The number of rotatable bonds is 4. The average Bonchev–Trinajstić information content (AvgIpc) is 2.76. The van der Waals surface area contributed by atoms with Crippen LogP contribution in [-0.4, -0.2) is 24.3 Å². The maximum atomic E-state index is 11.7. The highest BCUT2D eigenvalue weighted by molar-refractivity contribution is 14.1. The molecule has 22 heavy (non-hydrogen) atoms. The molecule has 2 unspecified atom stereocenters. The number of carbonyl (C=O) groups is 1. The first-order chi connectivity index (χ1) is 10.2. The summed E-state index contributed by atoms with van der Waals surface area (Å²) < 4.78 is 6.62. The van der Waals surface area contributed by atoms with Gasteiger partial charge in [0.1, 0.15) is 5.60 Å². The summed E-state index contributed by atoms with van der Waals surface area (Å²) >= 11 is 4.30. The molecule has 0 saturated heterocycles. The fourth-order valence-corrected chi connectivity index (χ4v) is 4.77. The number of halogens is 1. The number of fused-ring (bicyclic) bond motifs is 1. The number of alkyl carbamates (subject to hydrolysis) is 1. The Bertz CT molecular complexity index is 525. The van der Waals surface area contributed by atoms with Crippen LogP contribution in [-0.2, 0) is 11.2 Å². The Morgan fingerprint density at radius 2 is 2.27 bits per heavy atom. The van der Waals surface area contributed by atoms with Crippen LogP contribution in [0.4, 0.5) is 4.79 Å². The van der Waals surface area contributed by atoms with Crippen molar-refractivity contribution in [1.82, 2.24) is 10.6 Å². The molecule has 0 aliphatic heterocycles. The zero-order chi connectivity index (χ0) is 16.3. The second-order valence-corrected chi connectivity index (χ2v) is 9.86. The van der Waals surface area contributed by atoms with Crippen molar-refractivity contribution in [3.8, 4) is 0 Å². The third-order valence-electron chi connectivity index (χ3n) is 3.52. The maximum absolute atomic E-state index is 11.7. The van der Waals surface area contributed by atoms with Crippen LogP contribution in [0.2, 0.25) is 0 Å². The number of hydrogen-bond acceptors (Lipinski definition) is 4. The number of amides is 1. The summed E-state index contributed by atoms with van der Waals surface area (Å²) in [6.45, 7) is 8.28. The molecule has 1 aliphatic rings. The molecule has 0 fully saturated rings. The molecule has 2 N–H and O–H groups in total. The molecule has 0 spiro atoms. The third kappa shape index (κ3) is 5.38. The molecule has 2 rings (SSSR count). The van der Waals surface area contributed by atoms with Crippen molar-refractivity contribution in [1.29, 1.82) is 0 Å². The minimum absolute atomic E-state index is 0.209. The molecule has 0 aromatic carbocycles. The van der Waals surface area contributed by atoms with E-state index in [1.54, 1.807) is 0 Å². The Kier molecular flexibility index (Phi) is 6.13. The Morgan fingerprint density at radius 3 is 2.95 bits per heavy atom. The smallest absolute Gasteiger partial charge is 0.407 e. The van der Waals surface area contributed by atoms with Crippen molar-refractivity contribution in [3.05, 3.63) is 19.4 Å². The van der Waals surface area contributed by atoms with E-state index >= 15 is 0 Å². The largest absolute Gasteiger partial charge is 0.444 e. The Balaban J connectivity index is 1.83. The van der Waals surface area contributed by atoms with Gasteiger partial charge < -0.3 is 15.4 Å². The molecule has 0 saturated carbocycles. The van der Waals surface area contributed by atoms with Crippen molar-refractivity contribution in [2.45, 2.75) is 64.6 Å². The highest BCUT2D eigenvalue weighted by Crippen LogP contribution is 2.36. The van der Waals surface area contributed by atoms with Crippen molar-refractivity contribution in [2.75, 3.05) is 6.54 Å². The molecular formula is C16H25IN2O2S. The van der Waals surface area contributed by atoms with Gasteiger partial charge in [0.05, 0.1) is 2.88 Å². The standard InChI is InChI=1S/C16H25IN2O2S/c1-10(9-18-15(20)21-16(2,3)4)19-12-6-5-7-13-11(12)8-14(17)22-13/h8,10,12,19H,5-7,9H2,1-4H3,(H,18,20). The topological polar surface area (TPSA) is 50.4 Å². The molecule has 1 amide bonds. The second kappa shape index (κ2) is 7.49. The first kappa shape index (κ1) is 18.0. The van der Waals surface area contributed by atoms with E-state index in [-0.39, 0.29) is 12.1 Å². The number of ether oxygens (including phenoxy) is 1. The first-order valence-corrected chi connectivity index (χ1v) is 9.65. The summed E-state index contributed by atoms with van der Waals surface area (Å²) in [6, 6.07) is 2.91. The van der Waals surface area contributed by atoms with Gasteiger partial charge in [0, 0.05) is 23.5 Å². The van der Waals surface area contributed by atoms with Gasteiger partial charge in [-0.15, -0.1) is 11.3 Å². The lowest BCUT2D eigenvalue weighted by Gasteiger charge is -2.27. The predicted molar refractivity (Wildman–Crippen MR) is 99.5 cm³/mol. The van der Waals surface area contributed by atoms with E-state index in [1.807, 2.05) is 32.1 Å². The van der Waals surface area contributed by atoms with Gasteiger partial charge in [-0.1, -0.05) is 0 Å². The lowest BCUT2D eigenvalue weighted by molar-refractivity contribution is 0.0522. The highest BCUT2D eigenvalue weighted by Gasteiger charge is 2.24. The minimum atomic E-state index is -0.452. The van der Waals surface area contributed by atoms with Crippen LogP contribution in [0.3, 0.4) is 0 Å². The SMILES string of the molecule is CC(CNC(=O)OC(C)(C)C)NC1CCCc2sc(I)cc21. The van der Waals surface area contributed by atoms with E-state index in [1.165, 1.54) is 26.2 Å². The highest BCUT2D eigenvalue weighted by atomic mass is 127. The van der Waals surface area contributed by atoms with Gasteiger partial charge in [0.25, 0.3) is 0 Å². The molecule has 1 aliphatic carbocycles. The van der Waals surface area contributed by atoms with Crippen LogP contribution in [0.5, 0.6) is 0 Å². The Morgan fingerprint density at radius 1 is 1.55 bits per heavy atom. The summed E-state index contributed by atoms with van der Waals surface area (Å²) in [5, 5.41) is 6.47. The van der Waals surface area contributed by atoms with Crippen molar-refractivity contribution in [2.24, 2.45) is 0 Å². The van der Waals surface area contributed by atoms with E-state index in [0.29, 0.717) is 12.6 Å².